The third-order valence-corrected chi connectivity index (χ3v) is 1.33. The number of rotatable bonds is 2. The lowest BCUT2D eigenvalue weighted by Crippen LogP contribution is -2.03. The number of halogens is 1. The van der Waals surface area contributed by atoms with Crippen LogP contribution in [-0.4, -0.2) is 10.4 Å². The lowest BCUT2D eigenvalue weighted by molar-refractivity contribution is 0.318. The summed E-state index contributed by atoms with van der Waals surface area (Å²) < 4.78 is 0. The summed E-state index contributed by atoms with van der Waals surface area (Å²) in [5.74, 6) is 2.14. The molecule has 0 radical (unpaired) electrons. The first-order valence-corrected chi connectivity index (χ1v) is 2.97. The molecule has 0 aliphatic rings. The second-order valence-electron chi connectivity index (χ2n) is 1.55. The predicted molar refractivity (Wildman–Crippen MR) is 37.7 cm³/mol. The van der Waals surface area contributed by atoms with Gasteiger partial charge in [-0.3, -0.25) is 0 Å². The highest BCUT2D eigenvalue weighted by atomic mass is 35.5. The standard InChI is InChI=1S/C6H8ClNO/c1-3-5(4-2)6(7)8-9/h1,5,9H,4H2,2H3. The van der Waals surface area contributed by atoms with Crippen LogP contribution in [0.5, 0.6) is 0 Å². The molecule has 2 nitrogen and oxygen atoms in total. The lowest BCUT2D eigenvalue weighted by Gasteiger charge is -2.00. The zero-order valence-electron chi connectivity index (χ0n) is 5.13. The molecule has 0 aliphatic heterocycles. The van der Waals surface area contributed by atoms with Gasteiger partial charge in [0.05, 0.1) is 5.92 Å². The maximum absolute atomic E-state index is 8.13. The number of oxime groups is 1. The van der Waals surface area contributed by atoms with Gasteiger partial charge in [0, 0.05) is 0 Å². The summed E-state index contributed by atoms with van der Waals surface area (Å²) in [7, 11) is 0. The Morgan fingerprint density at radius 2 is 2.56 bits per heavy atom. The fourth-order valence-corrected chi connectivity index (χ4v) is 0.642. The summed E-state index contributed by atoms with van der Waals surface area (Å²) in [5.41, 5.74) is 0. The van der Waals surface area contributed by atoms with Crippen LogP contribution in [0.1, 0.15) is 13.3 Å². The van der Waals surface area contributed by atoms with E-state index in [0.29, 0.717) is 6.42 Å². The minimum absolute atomic E-state index is 0.0833. The molecule has 0 heterocycles. The molecule has 0 aromatic heterocycles. The van der Waals surface area contributed by atoms with Crippen molar-refractivity contribution in [2.75, 3.05) is 0 Å². The molecular weight excluding hydrogens is 138 g/mol. The van der Waals surface area contributed by atoms with Crippen LogP contribution in [0.15, 0.2) is 5.16 Å². The summed E-state index contributed by atoms with van der Waals surface area (Å²) in [4.78, 5) is 0. The number of nitrogens with zero attached hydrogens (tertiary/aromatic N) is 1. The number of hydrogen-bond donors (Lipinski definition) is 1. The van der Waals surface area contributed by atoms with Gasteiger partial charge < -0.3 is 5.21 Å². The van der Waals surface area contributed by atoms with Gasteiger partial charge in [-0.05, 0) is 6.42 Å². The molecule has 0 aromatic carbocycles. The Labute approximate surface area is 59.5 Å². The second-order valence-corrected chi connectivity index (χ2v) is 1.94. The molecule has 0 fully saturated rings. The number of terminal acetylenes is 1. The van der Waals surface area contributed by atoms with Crippen molar-refractivity contribution in [3.63, 3.8) is 0 Å². The van der Waals surface area contributed by atoms with E-state index in [0.717, 1.165) is 0 Å². The van der Waals surface area contributed by atoms with Gasteiger partial charge in [0.15, 0.2) is 5.17 Å². The van der Waals surface area contributed by atoms with Gasteiger partial charge in [-0.1, -0.05) is 29.6 Å². The van der Waals surface area contributed by atoms with Crippen molar-refractivity contribution in [3.8, 4) is 12.3 Å². The lowest BCUT2D eigenvalue weighted by atomic mass is 10.1. The van der Waals surface area contributed by atoms with Crippen LogP contribution in [0.25, 0.3) is 0 Å². The maximum atomic E-state index is 8.13. The molecule has 0 amide bonds. The van der Waals surface area contributed by atoms with E-state index in [4.69, 9.17) is 23.2 Å². The molecule has 1 N–H and O–H groups in total. The van der Waals surface area contributed by atoms with Crippen molar-refractivity contribution < 1.29 is 5.21 Å². The molecule has 0 spiro atoms. The van der Waals surface area contributed by atoms with Crippen LogP contribution >= 0.6 is 11.6 Å². The van der Waals surface area contributed by atoms with Crippen LogP contribution in [0.3, 0.4) is 0 Å². The number of hydrogen-bond acceptors (Lipinski definition) is 2. The van der Waals surface area contributed by atoms with Crippen molar-refractivity contribution in [1.82, 2.24) is 0 Å². The highest BCUT2D eigenvalue weighted by Gasteiger charge is 2.07. The molecule has 0 aliphatic carbocycles. The Morgan fingerprint density at radius 3 is 2.67 bits per heavy atom. The van der Waals surface area contributed by atoms with Crippen molar-refractivity contribution >= 4 is 16.8 Å². The summed E-state index contributed by atoms with van der Waals surface area (Å²) in [6.45, 7) is 1.87. The van der Waals surface area contributed by atoms with E-state index in [1.807, 2.05) is 6.92 Å². The molecule has 0 bridgehead atoms. The third-order valence-electron chi connectivity index (χ3n) is 0.993. The summed E-state index contributed by atoms with van der Waals surface area (Å²) in [6.07, 6.45) is 5.73. The molecule has 0 aromatic rings. The Morgan fingerprint density at radius 1 is 2.00 bits per heavy atom. The minimum atomic E-state index is -0.239. The first kappa shape index (κ1) is 8.32. The molecule has 1 atom stereocenters. The van der Waals surface area contributed by atoms with Crippen LogP contribution in [0.4, 0.5) is 0 Å². The highest BCUT2D eigenvalue weighted by Crippen LogP contribution is 2.06. The predicted octanol–water partition coefficient (Wildman–Crippen LogP) is 1.67. The van der Waals surface area contributed by atoms with Crippen LogP contribution in [0, 0.1) is 18.3 Å². The average Bonchev–Trinajstić information content (AvgIpc) is 1.90. The SMILES string of the molecule is C#CC(CC)C(Cl)=NO. The van der Waals surface area contributed by atoms with Gasteiger partial charge in [0.2, 0.25) is 0 Å². The Kier molecular flexibility index (Phi) is 3.90. The van der Waals surface area contributed by atoms with Crippen LogP contribution in [0.2, 0.25) is 0 Å². The molecule has 9 heavy (non-hydrogen) atoms. The Hall–Kier alpha value is -0.680. The first-order chi connectivity index (χ1) is 4.26. The molecular formula is C6H8ClNO. The molecule has 1 unspecified atom stereocenters. The molecule has 0 saturated heterocycles. The normalized spacial score (nSPS) is 14.6. The fourth-order valence-electron chi connectivity index (χ4n) is 0.425. The highest BCUT2D eigenvalue weighted by molar-refractivity contribution is 6.66. The fraction of sp³-hybridized carbons (Fsp3) is 0.500. The van der Waals surface area contributed by atoms with Crippen LogP contribution in [-0.2, 0) is 0 Å². The van der Waals surface area contributed by atoms with Crippen molar-refractivity contribution in [2.45, 2.75) is 13.3 Å². The summed E-state index contributed by atoms with van der Waals surface area (Å²) >= 11 is 5.39. The topological polar surface area (TPSA) is 32.6 Å². The van der Waals surface area contributed by atoms with Gasteiger partial charge >= 0.3 is 0 Å². The monoisotopic (exact) mass is 145 g/mol. The van der Waals surface area contributed by atoms with Gasteiger partial charge in [0.25, 0.3) is 0 Å². The zero-order chi connectivity index (χ0) is 7.28. The van der Waals surface area contributed by atoms with Crippen LogP contribution < -0.4 is 0 Å². The summed E-state index contributed by atoms with van der Waals surface area (Å²) in [5, 5.41) is 11.0. The Balaban J connectivity index is 4.00. The third kappa shape index (κ3) is 2.39. The van der Waals surface area contributed by atoms with E-state index < -0.39 is 0 Å². The van der Waals surface area contributed by atoms with Crippen molar-refractivity contribution in [1.29, 1.82) is 0 Å². The Bertz CT molecular complexity index is 148. The molecule has 0 rings (SSSR count). The quantitative estimate of drug-likeness (QED) is 0.273. The smallest absolute Gasteiger partial charge is 0.160 e. The van der Waals surface area contributed by atoms with E-state index in [1.54, 1.807) is 0 Å². The van der Waals surface area contributed by atoms with Crippen molar-refractivity contribution in [2.24, 2.45) is 11.1 Å². The first-order valence-electron chi connectivity index (χ1n) is 2.59. The minimum Gasteiger partial charge on any atom is -0.410 e. The zero-order valence-corrected chi connectivity index (χ0v) is 5.89. The van der Waals surface area contributed by atoms with E-state index in [1.165, 1.54) is 0 Å². The van der Waals surface area contributed by atoms with Gasteiger partial charge in [-0.25, -0.2) is 0 Å². The molecule has 50 valence electrons. The van der Waals surface area contributed by atoms with E-state index in [9.17, 15) is 0 Å². The largest absolute Gasteiger partial charge is 0.410 e. The van der Waals surface area contributed by atoms with E-state index in [2.05, 4.69) is 11.1 Å². The van der Waals surface area contributed by atoms with E-state index in [-0.39, 0.29) is 11.1 Å². The van der Waals surface area contributed by atoms with Gasteiger partial charge in [-0.2, -0.15) is 0 Å². The second kappa shape index (κ2) is 4.22. The molecule has 3 heteroatoms. The van der Waals surface area contributed by atoms with E-state index >= 15 is 0 Å². The van der Waals surface area contributed by atoms with Gasteiger partial charge in [0.1, 0.15) is 0 Å². The van der Waals surface area contributed by atoms with Crippen molar-refractivity contribution in [3.05, 3.63) is 0 Å². The average molecular weight is 146 g/mol. The maximum Gasteiger partial charge on any atom is 0.160 e. The summed E-state index contributed by atoms with van der Waals surface area (Å²) in [6, 6.07) is 0. The van der Waals surface area contributed by atoms with Gasteiger partial charge in [-0.15, -0.1) is 6.42 Å². The molecule has 0 saturated carbocycles.